The van der Waals surface area contributed by atoms with E-state index < -0.39 is 6.09 Å². The third-order valence-corrected chi connectivity index (χ3v) is 3.07. The summed E-state index contributed by atoms with van der Waals surface area (Å²) in [6, 6.07) is 9.29. The number of benzene rings is 1. The van der Waals surface area contributed by atoms with Crippen LogP contribution >= 0.6 is 0 Å². The summed E-state index contributed by atoms with van der Waals surface area (Å²) in [5.74, 6) is 0. The van der Waals surface area contributed by atoms with Gasteiger partial charge in [-0.05, 0) is 5.56 Å². The standard InChI is InChI=1S/C12H17N3O2/c13-10-6-14-7-11(10)15(12(16)17)8-9-4-2-1-3-5-9/h1-5,10-11,14H,6-8,13H2,(H,16,17)/t10-,11-/m1/s1. The second-order valence-electron chi connectivity index (χ2n) is 4.29. The maximum atomic E-state index is 11.3. The summed E-state index contributed by atoms with van der Waals surface area (Å²) in [5.41, 5.74) is 6.88. The Bertz CT molecular complexity index is 383. The summed E-state index contributed by atoms with van der Waals surface area (Å²) < 4.78 is 0. The Morgan fingerprint density at radius 1 is 1.41 bits per heavy atom. The molecule has 0 saturated carbocycles. The fraction of sp³-hybridized carbons (Fsp3) is 0.417. The molecule has 0 bridgehead atoms. The lowest BCUT2D eigenvalue weighted by molar-refractivity contribution is 0.120. The van der Waals surface area contributed by atoms with Crippen LogP contribution in [0.1, 0.15) is 5.56 Å². The van der Waals surface area contributed by atoms with E-state index in [9.17, 15) is 9.90 Å². The van der Waals surface area contributed by atoms with Crippen LogP contribution in [0.15, 0.2) is 30.3 Å². The van der Waals surface area contributed by atoms with Crippen molar-refractivity contribution in [2.75, 3.05) is 13.1 Å². The van der Waals surface area contributed by atoms with E-state index in [2.05, 4.69) is 5.32 Å². The molecule has 2 atom stereocenters. The van der Waals surface area contributed by atoms with Crippen LogP contribution in [0, 0.1) is 0 Å². The summed E-state index contributed by atoms with van der Waals surface area (Å²) in [6.07, 6.45) is -0.919. The summed E-state index contributed by atoms with van der Waals surface area (Å²) in [4.78, 5) is 12.7. The van der Waals surface area contributed by atoms with Gasteiger partial charge in [-0.3, -0.25) is 4.90 Å². The zero-order chi connectivity index (χ0) is 12.3. The maximum absolute atomic E-state index is 11.3. The van der Waals surface area contributed by atoms with Gasteiger partial charge in [0.25, 0.3) is 0 Å². The van der Waals surface area contributed by atoms with Gasteiger partial charge in [-0.15, -0.1) is 0 Å². The molecule has 1 aliphatic heterocycles. The zero-order valence-corrected chi connectivity index (χ0v) is 9.54. The van der Waals surface area contributed by atoms with Crippen molar-refractivity contribution < 1.29 is 9.90 Å². The summed E-state index contributed by atoms with van der Waals surface area (Å²) in [7, 11) is 0. The van der Waals surface area contributed by atoms with Gasteiger partial charge in [0.15, 0.2) is 0 Å². The lowest BCUT2D eigenvalue weighted by Gasteiger charge is -2.28. The van der Waals surface area contributed by atoms with Crippen LogP contribution in [-0.2, 0) is 6.54 Å². The fourth-order valence-corrected chi connectivity index (χ4v) is 2.13. The fourth-order valence-electron chi connectivity index (χ4n) is 2.13. The zero-order valence-electron chi connectivity index (χ0n) is 9.54. The molecule has 1 aromatic rings. The molecule has 92 valence electrons. The third kappa shape index (κ3) is 2.75. The van der Waals surface area contributed by atoms with Gasteiger partial charge in [0.1, 0.15) is 0 Å². The molecule has 1 saturated heterocycles. The molecule has 17 heavy (non-hydrogen) atoms. The van der Waals surface area contributed by atoms with E-state index in [0.717, 1.165) is 5.56 Å². The van der Waals surface area contributed by atoms with Crippen molar-refractivity contribution in [1.29, 1.82) is 0 Å². The number of carbonyl (C=O) groups is 1. The largest absolute Gasteiger partial charge is 0.465 e. The number of hydrogen-bond acceptors (Lipinski definition) is 3. The lowest BCUT2D eigenvalue weighted by atomic mass is 10.1. The average Bonchev–Trinajstić information content (AvgIpc) is 2.73. The van der Waals surface area contributed by atoms with Crippen molar-refractivity contribution >= 4 is 6.09 Å². The molecule has 0 aromatic heterocycles. The van der Waals surface area contributed by atoms with E-state index in [1.807, 2.05) is 30.3 Å². The average molecular weight is 235 g/mol. The molecule has 1 aromatic carbocycles. The normalized spacial score (nSPS) is 23.6. The van der Waals surface area contributed by atoms with E-state index in [0.29, 0.717) is 19.6 Å². The van der Waals surface area contributed by atoms with Crippen molar-refractivity contribution in [3.8, 4) is 0 Å². The smallest absolute Gasteiger partial charge is 0.407 e. The Balaban J connectivity index is 2.10. The number of nitrogens with one attached hydrogen (secondary N) is 1. The molecular weight excluding hydrogens is 218 g/mol. The Morgan fingerprint density at radius 2 is 2.12 bits per heavy atom. The molecule has 1 fully saturated rings. The Hall–Kier alpha value is -1.59. The minimum Gasteiger partial charge on any atom is -0.465 e. The van der Waals surface area contributed by atoms with Crippen LogP contribution in [0.25, 0.3) is 0 Å². The predicted molar refractivity (Wildman–Crippen MR) is 64.6 cm³/mol. The first kappa shape index (κ1) is 11.9. The van der Waals surface area contributed by atoms with Crippen molar-refractivity contribution in [2.24, 2.45) is 5.73 Å². The highest BCUT2D eigenvalue weighted by molar-refractivity contribution is 5.65. The van der Waals surface area contributed by atoms with Gasteiger partial charge in [0.2, 0.25) is 0 Å². The molecule has 0 radical (unpaired) electrons. The Labute approximate surface area is 100 Å². The minimum atomic E-state index is -0.919. The monoisotopic (exact) mass is 235 g/mol. The highest BCUT2D eigenvalue weighted by Crippen LogP contribution is 2.13. The SMILES string of the molecule is N[C@@H]1CNC[C@H]1N(Cc1ccccc1)C(=O)O. The highest BCUT2D eigenvalue weighted by atomic mass is 16.4. The first-order valence-corrected chi connectivity index (χ1v) is 5.68. The van der Waals surface area contributed by atoms with Gasteiger partial charge in [0, 0.05) is 25.7 Å². The van der Waals surface area contributed by atoms with Gasteiger partial charge < -0.3 is 16.2 Å². The summed E-state index contributed by atoms with van der Waals surface area (Å²) in [6.45, 7) is 1.68. The number of nitrogens with zero attached hydrogens (tertiary/aromatic N) is 1. The van der Waals surface area contributed by atoms with Crippen LogP contribution in [-0.4, -0.2) is 41.3 Å². The minimum absolute atomic E-state index is 0.130. The van der Waals surface area contributed by atoms with Crippen LogP contribution in [0.4, 0.5) is 4.79 Å². The van der Waals surface area contributed by atoms with Crippen molar-refractivity contribution in [3.63, 3.8) is 0 Å². The van der Waals surface area contributed by atoms with Gasteiger partial charge in [-0.25, -0.2) is 4.79 Å². The number of carboxylic acid groups (broad SMARTS) is 1. The molecule has 2 rings (SSSR count). The molecule has 1 heterocycles. The molecule has 0 spiro atoms. The first-order chi connectivity index (χ1) is 8.18. The first-order valence-electron chi connectivity index (χ1n) is 5.68. The maximum Gasteiger partial charge on any atom is 0.407 e. The van der Waals surface area contributed by atoms with Gasteiger partial charge in [-0.1, -0.05) is 30.3 Å². The highest BCUT2D eigenvalue weighted by Gasteiger charge is 2.32. The van der Waals surface area contributed by atoms with E-state index in [1.165, 1.54) is 4.90 Å². The predicted octanol–water partition coefficient (Wildman–Crippen LogP) is 0.466. The van der Waals surface area contributed by atoms with Crippen LogP contribution in [0.2, 0.25) is 0 Å². The van der Waals surface area contributed by atoms with Crippen molar-refractivity contribution in [1.82, 2.24) is 10.2 Å². The van der Waals surface area contributed by atoms with Gasteiger partial charge in [0.05, 0.1) is 6.04 Å². The molecule has 0 unspecified atom stereocenters. The summed E-state index contributed by atoms with van der Waals surface area (Å²) in [5, 5.41) is 12.4. The molecule has 1 aliphatic rings. The van der Waals surface area contributed by atoms with Crippen molar-refractivity contribution in [2.45, 2.75) is 18.6 Å². The van der Waals surface area contributed by atoms with Crippen molar-refractivity contribution in [3.05, 3.63) is 35.9 Å². The lowest BCUT2D eigenvalue weighted by Crippen LogP contribution is -2.49. The van der Waals surface area contributed by atoms with Crippen LogP contribution < -0.4 is 11.1 Å². The van der Waals surface area contributed by atoms with Crippen LogP contribution in [0.3, 0.4) is 0 Å². The molecule has 5 nitrogen and oxygen atoms in total. The van der Waals surface area contributed by atoms with Gasteiger partial charge >= 0.3 is 6.09 Å². The second kappa shape index (κ2) is 5.16. The number of nitrogens with two attached hydrogens (primary N) is 1. The van der Waals surface area contributed by atoms with E-state index in [1.54, 1.807) is 0 Å². The molecule has 4 N–H and O–H groups in total. The number of rotatable bonds is 3. The second-order valence-corrected chi connectivity index (χ2v) is 4.29. The Morgan fingerprint density at radius 3 is 2.65 bits per heavy atom. The number of amides is 1. The van der Waals surface area contributed by atoms with Crippen LogP contribution in [0.5, 0.6) is 0 Å². The summed E-state index contributed by atoms with van der Waals surface area (Å²) >= 11 is 0. The van der Waals surface area contributed by atoms with E-state index >= 15 is 0 Å². The molecular formula is C12H17N3O2. The Kier molecular flexibility index (Phi) is 3.61. The molecule has 0 aliphatic carbocycles. The quantitative estimate of drug-likeness (QED) is 0.711. The number of hydrogen-bond donors (Lipinski definition) is 3. The van der Waals surface area contributed by atoms with E-state index in [-0.39, 0.29) is 12.1 Å². The van der Waals surface area contributed by atoms with E-state index in [4.69, 9.17) is 5.73 Å². The third-order valence-electron chi connectivity index (χ3n) is 3.07. The molecule has 5 heteroatoms. The van der Waals surface area contributed by atoms with Gasteiger partial charge in [-0.2, -0.15) is 0 Å². The topological polar surface area (TPSA) is 78.6 Å². The molecule has 1 amide bonds.